The number of benzene rings is 1. The number of pyridine rings is 1. The summed E-state index contributed by atoms with van der Waals surface area (Å²) < 4.78 is 26.4. The lowest BCUT2D eigenvalue weighted by atomic mass is 10.1. The number of carboxylic acids is 1. The second-order valence-electron chi connectivity index (χ2n) is 4.30. The Hall–Kier alpha value is -2.25. The molecule has 1 heterocycles. The normalized spacial score (nSPS) is 11.2. The lowest BCUT2D eigenvalue weighted by molar-refractivity contribution is 0.0695. The second kappa shape index (κ2) is 6.47. The van der Waals surface area contributed by atoms with E-state index in [1.165, 1.54) is 30.6 Å². The van der Waals surface area contributed by atoms with Crippen LogP contribution in [-0.4, -0.2) is 31.0 Å². The van der Waals surface area contributed by atoms with Crippen LogP contribution in [0.5, 0.6) is 0 Å². The summed E-state index contributed by atoms with van der Waals surface area (Å²) in [5, 5.41) is 9.06. The first-order valence-corrected chi connectivity index (χ1v) is 7.70. The monoisotopic (exact) mass is 306 g/mol. The Balaban J connectivity index is 2.04. The van der Waals surface area contributed by atoms with Gasteiger partial charge in [-0.15, -0.1) is 0 Å². The molecule has 2 rings (SSSR count). The highest BCUT2D eigenvalue weighted by Crippen LogP contribution is 2.10. The van der Waals surface area contributed by atoms with Gasteiger partial charge in [0, 0.05) is 18.9 Å². The summed E-state index contributed by atoms with van der Waals surface area (Å²) in [6.45, 7) is 0.113. The summed E-state index contributed by atoms with van der Waals surface area (Å²) in [6, 6.07) is 9.49. The molecule has 0 saturated heterocycles. The van der Waals surface area contributed by atoms with Crippen molar-refractivity contribution in [3.8, 4) is 0 Å². The highest BCUT2D eigenvalue weighted by Gasteiger charge is 2.14. The Morgan fingerprint density at radius 3 is 2.62 bits per heavy atom. The third kappa shape index (κ3) is 3.87. The number of carboxylic acid groups (broad SMARTS) is 1. The van der Waals surface area contributed by atoms with E-state index >= 15 is 0 Å². The summed E-state index contributed by atoms with van der Waals surface area (Å²) in [7, 11) is -3.62. The van der Waals surface area contributed by atoms with Crippen LogP contribution in [0.25, 0.3) is 0 Å². The summed E-state index contributed by atoms with van der Waals surface area (Å²) in [5.74, 6) is -1.03. The molecule has 1 aromatic heterocycles. The van der Waals surface area contributed by atoms with Gasteiger partial charge < -0.3 is 5.11 Å². The van der Waals surface area contributed by atoms with Crippen molar-refractivity contribution in [3.63, 3.8) is 0 Å². The number of carbonyl (C=O) groups is 1. The number of hydrogen-bond acceptors (Lipinski definition) is 4. The van der Waals surface area contributed by atoms with Gasteiger partial charge in [-0.3, -0.25) is 4.98 Å². The van der Waals surface area contributed by atoms with E-state index in [-0.39, 0.29) is 17.0 Å². The minimum Gasteiger partial charge on any atom is -0.478 e. The van der Waals surface area contributed by atoms with E-state index in [9.17, 15) is 13.2 Å². The largest absolute Gasteiger partial charge is 0.478 e. The molecule has 0 spiro atoms. The lowest BCUT2D eigenvalue weighted by Crippen LogP contribution is -2.26. The van der Waals surface area contributed by atoms with E-state index in [1.54, 1.807) is 18.2 Å². The molecule has 1 aromatic carbocycles. The van der Waals surface area contributed by atoms with E-state index in [1.807, 2.05) is 0 Å². The number of aromatic carboxylic acids is 1. The van der Waals surface area contributed by atoms with Crippen molar-refractivity contribution in [2.75, 3.05) is 6.54 Å². The van der Waals surface area contributed by atoms with Crippen LogP contribution in [0.1, 0.15) is 15.9 Å². The molecular weight excluding hydrogens is 292 g/mol. The Kier molecular flexibility index (Phi) is 4.66. The topological polar surface area (TPSA) is 96.4 Å². The maximum absolute atomic E-state index is 12.0. The van der Waals surface area contributed by atoms with Crippen LogP contribution >= 0.6 is 0 Å². The van der Waals surface area contributed by atoms with Gasteiger partial charge in [0.1, 0.15) is 4.90 Å². The molecule has 0 atom stereocenters. The van der Waals surface area contributed by atoms with Gasteiger partial charge in [-0.1, -0.05) is 18.2 Å². The van der Waals surface area contributed by atoms with Crippen molar-refractivity contribution >= 4 is 16.0 Å². The highest BCUT2D eigenvalue weighted by atomic mass is 32.2. The number of sulfonamides is 1. The molecule has 0 fully saturated rings. The fourth-order valence-electron chi connectivity index (χ4n) is 1.86. The summed E-state index contributed by atoms with van der Waals surface area (Å²) in [6.07, 6.45) is 3.04. The predicted molar refractivity (Wildman–Crippen MR) is 76.5 cm³/mol. The average Bonchev–Trinajstić information content (AvgIpc) is 2.48. The van der Waals surface area contributed by atoms with Crippen molar-refractivity contribution in [2.45, 2.75) is 11.3 Å². The molecule has 0 unspecified atom stereocenters. The van der Waals surface area contributed by atoms with Crippen LogP contribution in [0.4, 0.5) is 0 Å². The number of rotatable bonds is 6. The van der Waals surface area contributed by atoms with Gasteiger partial charge in [0.25, 0.3) is 0 Å². The molecule has 6 nitrogen and oxygen atoms in total. The van der Waals surface area contributed by atoms with Gasteiger partial charge >= 0.3 is 5.97 Å². The molecule has 0 bridgehead atoms. The molecule has 0 radical (unpaired) electrons. The smallest absolute Gasteiger partial charge is 0.335 e. The minimum absolute atomic E-state index is 0.0801. The van der Waals surface area contributed by atoms with Crippen LogP contribution in [0.2, 0.25) is 0 Å². The summed E-state index contributed by atoms with van der Waals surface area (Å²) in [5.41, 5.74) is 0.761. The van der Waals surface area contributed by atoms with Crippen molar-refractivity contribution < 1.29 is 18.3 Å². The van der Waals surface area contributed by atoms with E-state index in [0.717, 1.165) is 0 Å². The number of hydrogen-bond donors (Lipinski definition) is 2. The summed E-state index contributed by atoms with van der Waals surface area (Å²) >= 11 is 0. The molecule has 0 aliphatic rings. The van der Waals surface area contributed by atoms with Gasteiger partial charge in [-0.2, -0.15) is 0 Å². The fourth-order valence-corrected chi connectivity index (χ4v) is 2.85. The molecule has 0 amide bonds. The van der Waals surface area contributed by atoms with Gasteiger partial charge in [-0.25, -0.2) is 17.9 Å². The van der Waals surface area contributed by atoms with E-state index in [2.05, 4.69) is 9.71 Å². The average molecular weight is 306 g/mol. The standard InChI is InChI=1S/C14H14N2O4S/c17-14(18)13-6-2-1-4-11(13)7-9-16-21(19,20)12-5-3-8-15-10-12/h1-6,8,10,16H,7,9H2,(H,17,18). The maximum Gasteiger partial charge on any atom is 0.335 e. The lowest BCUT2D eigenvalue weighted by Gasteiger charge is -2.08. The first-order chi connectivity index (χ1) is 10.0. The second-order valence-corrected chi connectivity index (χ2v) is 6.07. The van der Waals surface area contributed by atoms with Crippen LogP contribution in [0.3, 0.4) is 0 Å². The molecule has 2 aromatic rings. The molecule has 0 aliphatic carbocycles. The Labute approximate surface area is 122 Å². The molecule has 0 aliphatic heterocycles. The molecular formula is C14H14N2O4S. The van der Waals surface area contributed by atoms with Crippen molar-refractivity contribution in [1.82, 2.24) is 9.71 Å². The zero-order valence-electron chi connectivity index (χ0n) is 11.1. The predicted octanol–water partition coefficient (Wildman–Crippen LogP) is 1.30. The zero-order valence-corrected chi connectivity index (χ0v) is 11.9. The van der Waals surface area contributed by atoms with Crippen LogP contribution < -0.4 is 4.72 Å². The first kappa shape index (κ1) is 15.1. The third-order valence-corrected chi connectivity index (χ3v) is 4.33. The quantitative estimate of drug-likeness (QED) is 0.838. The van der Waals surface area contributed by atoms with E-state index in [4.69, 9.17) is 5.11 Å². The molecule has 2 N–H and O–H groups in total. The first-order valence-electron chi connectivity index (χ1n) is 6.21. The van der Waals surface area contributed by atoms with Gasteiger partial charge in [-0.05, 0) is 30.2 Å². The Morgan fingerprint density at radius 1 is 1.19 bits per heavy atom. The van der Waals surface area contributed by atoms with Crippen LogP contribution in [0, 0.1) is 0 Å². The Morgan fingerprint density at radius 2 is 1.95 bits per heavy atom. The number of aromatic nitrogens is 1. The molecule has 110 valence electrons. The number of nitrogens with one attached hydrogen (secondary N) is 1. The molecule has 21 heavy (non-hydrogen) atoms. The third-order valence-electron chi connectivity index (χ3n) is 2.88. The Bertz CT molecular complexity index is 730. The van der Waals surface area contributed by atoms with Crippen LogP contribution in [0.15, 0.2) is 53.7 Å². The van der Waals surface area contributed by atoms with E-state index < -0.39 is 16.0 Å². The molecule has 0 saturated carbocycles. The van der Waals surface area contributed by atoms with E-state index in [0.29, 0.717) is 12.0 Å². The molecule has 7 heteroatoms. The van der Waals surface area contributed by atoms with Crippen molar-refractivity contribution in [1.29, 1.82) is 0 Å². The maximum atomic E-state index is 12.0. The van der Waals surface area contributed by atoms with Gasteiger partial charge in [0.05, 0.1) is 5.56 Å². The van der Waals surface area contributed by atoms with Gasteiger partial charge in [0.2, 0.25) is 10.0 Å². The van der Waals surface area contributed by atoms with Crippen molar-refractivity contribution in [3.05, 3.63) is 59.9 Å². The fraction of sp³-hybridized carbons (Fsp3) is 0.143. The zero-order chi connectivity index (χ0) is 15.3. The van der Waals surface area contributed by atoms with Gasteiger partial charge in [0.15, 0.2) is 0 Å². The summed E-state index contributed by atoms with van der Waals surface area (Å²) in [4.78, 5) is 14.9. The SMILES string of the molecule is O=C(O)c1ccccc1CCNS(=O)(=O)c1cccnc1. The van der Waals surface area contributed by atoms with Crippen molar-refractivity contribution in [2.24, 2.45) is 0 Å². The minimum atomic E-state index is -3.62. The van der Waals surface area contributed by atoms with Crippen LogP contribution in [-0.2, 0) is 16.4 Å². The highest BCUT2D eigenvalue weighted by molar-refractivity contribution is 7.89. The number of nitrogens with zero attached hydrogens (tertiary/aromatic N) is 1.